The molecule has 1 saturated heterocycles. The van der Waals surface area contributed by atoms with Gasteiger partial charge in [-0.25, -0.2) is 9.67 Å². The standard InChI is InChI=1S/C21H19ClF3N5O3/c22-16-11-13(21(23,24)25)12-26-18(16)28-5-7-29(8-6-28)20(33)17-14-3-1-2-4-15(14)19(32)30(27-17)9-10-31/h1-4,11-12,31H,5-10H2. The van der Waals surface area contributed by atoms with Crippen LogP contribution < -0.4 is 10.5 Å². The van der Waals surface area contributed by atoms with Gasteiger partial charge in [-0.1, -0.05) is 29.8 Å². The third-order valence-electron chi connectivity index (χ3n) is 5.40. The van der Waals surface area contributed by atoms with E-state index in [1.54, 1.807) is 34.1 Å². The molecule has 174 valence electrons. The van der Waals surface area contributed by atoms with E-state index >= 15 is 0 Å². The van der Waals surface area contributed by atoms with E-state index in [1.807, 2.05) is 0 Å². The molecule has 2 aromatic heterocycles. The quantitative estimate of drug-likeness (QED) is 0.615. The fourth-order valence-corrected chi connectivity index (χ4v) is 4.01. The number of aliphatic hydroxyl groups excluding tert-OH is 1. The number of carbonyl (C=O) groups is 1. The first-order valence-electron chi connectivity index (χ1n) is 10.1. The number of nitrogens with zero attached hydrogens (tertiary/aromatic N) is 5. The van der Waals surface area contributed by atoms with E-state index in [9.17, 15) is 27.9 Å². The van der Waals surface area contributed by atoms with Crippen LogP contribution in [0.3, 0.4) is 0 Å². The maximum absolute atomic E-state index is 13.2. The van der Waals surface area contributed by atoms with Gasteiger partial charge >= 0.3 is 6.18 Å². The number of halogens is 4. The molecule has 33 heavy (non-hydrogen) atoms. The first-order chi connectivity index (χ1) is 15.7. The lowest BCUT2D eigenvalue weighted by molar-refractivity contribution is -0.137. The van der Waals surface area contributed by atoms with E-state index in [0.717, 1.165) is 16.9 Å². The number of aliphatic hydroxyl groups is 1. The molecule has 1 N–H and O–H groups in total. The highest BCUT2D eigenvalue weighted by Gasteiger charge is 2.33. The Labute approximate surface area is 190 Å². The van der Waals surface area contributed by atoms with E-state index < -0.39 is 17.3 Å². The van der Waals surface area contributed by atoms with Gasteiger partial charge in [0.15, 0.2) is 5.69 Å². The van der Waals surface area contributed by atoms with Crippen molar-refractivity contribution in [1.82, 2.24) is 19.7 Å². The van der Waals surface area contributed by atoms with Gasteiger partial charge in [0, 0.05) is 37.8 Å². The van der Waals surface area contributed by atoms with Crippen molar-refractivity contribution < 1.29 is 23.1 Å². The molecule has 0 unspecified atom stereocenters. The molecule has 0 spiro atoms. The van der Waals surface area contributed by atoms with Crippen molar-refractivity contribution in [3.63, 3.8) is 0 Å². The Morgan fingerprint density at radius 1 is 1.12 bits per heavy atom. The summed E-state index contributed by atoms with van der Waals surface area (Å²) in [5, 5.41) is 14.0. The number of rotatable bonds is 4. The van der Waals surface area contributed by atoms with Crippen LogP contribution in [0.4, 0.5) is 19.0 Å². The number of fused-ring (bicyclic) bond motifs is 1. The summed E-state index contributed by atoms with van der Waals surface area (Å²) in [6.07, 6.45) is -3.80. The van der Waals surface area contributed by atoms with Crippen molar-refractivity contribution in [2.75, 3.05) is 37.7 Å². The normalized spacial score (nSPS) is 14.7. The highest BCUT2D eigenvalue weighted by Crippen LogP contribution is 2.33. The minimum Gasteiger partial charge on any atom is -0.394 e. The zero-order valence-electron chi connectivity index (χ0n) is 17.2. The summed E-state index contributed by atoms with van der Waals surface area (Å²) in [7, 11) is 0. The second kappa shape index (κ2) is 8.99. The lowest BCUT2D eigenvalue weighted by Crippen LogP contribution is -2.49. The van der Waals surface area contributed by atoms with Crippen LogP contribution in [0.5, 0.6) is 0 Å². The highest BCUT2D eigenvalue weighted by atomic mass is 35.5. The van der Waals surface area contributed by atoms with Crippen LogP contribution in [0.25, 0.3) is 10.8 Å². The average molecular weight is 482 g/mol. The fourth-order valence-electron chi connectivity index (χ4n) is 3.73. The molecular formula is C21H19ClF3N5O3. The van der Waals surface area contributed by atoms with Gasteiger partial charge in [-0.2, -0.15) is 18.3 Å². The molecule has 0 bridgehead atoms. The van der Waals surface area contributed by atoms with Gasteiger partial charge in [0.2, 0.25) is 0 Å². The van der Waals surface area contributed by atoms with Crippen molar-refractivity contribution in [3.8, 4) is 0 Å². The van der Waals surface area contributed by atoms with E-state index in [2.05, 4.69) is 10.1 Å². The Morgan fingerprint density at radius 2 is 1.79 bits per heavy atom. The topological polar surface area (TPSA) is 91.6 Å². The molecule has 0 atom stereocenters. The zero-order valence-corrected chi connectivity index (χ0v) is 18.0. The molecule has 3 heterocycles. The number of benzene rings is 1. The molecular weight excluding hydrogens is 463 g/mol. The Bertz CT molecular complexity index is 1260. The maximum atomic E-state index is 13.2. The van der Waals surface area contributed by atoms with Crippen molar-refractivity contribution in [3.05, 3.63) is 63.2 Å². The SMILES string of the molecule is O=C(c1nn(CCO)c(=O)c2ccccc12)N1CCN(c2ncc(C(F)(F)F)cc2Cl)CC1. The summed E-state index contributed by atoms with van der Waals surface area (Å²) >= 11 is 6.04. The molecule has 1 amide bonds. The molecule has 12 heteroatoms. The van der Waals surface area contributed by atoms with E-state index in [4.69, 9.17) is 11.6 Å². The van der Waals surface area contributed by atoms with Gasteiger partial charge in [0.05, 0.1) is 29.1 Å². The van der Waals surface area contributed by atoms with Crippen LogP contribution in [0.15, 0.2) is 41.3 Å². The Balaban J connectivity index is 1.56. The van der Waals surface area contributed by atoms with Crippen LogP contribution >= 0.6 is 11.6 Å². The van der Waals surface area contributed by atoms with E-state index in [-0.39, 0.29) is 48.7 Å². The summed E-state index contributed by atoms with van der Waals surface area (Å²) in [4.78, 5) is 32.9. The number of piperazine rings is 1. The first-order valence-corrected chi connectivity index (χ1v) is 10.5. The Hall–Kier alpha value is -3.18. The Morgan fingerprint density at radius 3 is 2.39 bits per heavy atom. The van der Waals surface area contributed by atoms with Crippen LogP contribution in [0.1, 0.15) is 16.1 Å². The monoisotopic (exact) mass is 481 g/mol. The third kappa shape index (κ3) is 4.51. The predicted octanol–water partition coefficient (Wildman–Crippen LogP) is 2.42. The summed E-state index contributed by atoms with van der Waals surface area (Å²) < 4.78 is 39.6. The van der Waals surface area contributed by atoms with Crippen LogP contribution in [0, 0.1) is 0 Å². The number of anilines is 1. The second-order valence-electron chi connectivity index (χ2n) is 7.45. The minimum atomic E-state index is -4.54. The first kappa shape index (κ1) is 23.0. The van der Waals surface area contributed by atoms with Gasteiger partial charge in [0.1, 0.15) is 5.82 Å². The largest absolute Gasteiger partial charge is 0.417 e. The second-order valence-corrected chi connectivity index (χ2v) is 7.86. The molecule has 3 aromatic rings. The molecule has 0 aliphatic carbocycles. The lowest BCUT2D eigenvalue weighted by atomic mass is 10.1. The molecule has 0 saturated carbocycles. The van der Waals surface area contributed by atoms with Crippen molar-refractivity contribution in [1.29, 1.82) is 0 Å². The number of pyridine rings is 1. The Kier molecular flexibility index (Phi) is 6.26. The summed E-state index contributed by atoms with van der Waals surface area (Å²) in [6.45, 7) is 0.768. The van der Waals surface area contributed by atoms with Crippen molar-refractivity contribution in [2.45, 2.75) is 12.7 Å². The predicted molar refractivity (Wildman–Crippen MR) is 115 cm³/mol. The molecule has 0 radical (unpaired) electrons. The van der Waals surface area contributed by atoms with Gasteiger partial charge in [-0.3, -0.25) is 9.59 Å². The molecule has 8 nitrogen and oxygen atoms in total. The maximum Gasteiger partial charge on any atom is 0.417 e. The van der Waals surface area contributed by atoms with Crippen molar-refractivity contribution in [2.24, 2.45) is 0 Å². The van der Waals surface area contributed by atoms with Gasteiger partial charge in [0.25, 0.3) is 11.5 Å². The number of hydrogen-bond acceptors (Lipinski definition) is 6. The minimum absolute atomic E-state index is 0.0458. The number of aromatic nitrogens is 3. The van der Waals surface area contributed by atoms with Crippen LogP contribution in [-0.4, -0.2) is 63.5 Å². The summed E-state index contributed by atoms with van der Waals surface area (Å²) in [5.74, 6) is -0.166. The summed E-state index contributed by atoms with van der Waals surface area (Å²) in [5.41, 5.74) is -1.23. The third-order valence-corrected chi connectivity index (χ3v) is 5.68. The van der Waals surface area contributed by atoms with Crippen molar-refractivity contribution >= 4 is 34.1 Å². The lowest BCUT2D eigenvalue weighted by Gasteiger charge is -2.35. The van der Waals surface area contributed by atoms with E-state index in [0.29, 0.717) is 23.9 Å². The highest BCUT2D eigenvalue weighted by molar-refractivity contribution is 6.33. The molecule has 1 aromatic carbocycles. The van der Waals surface area contributed by atoms with Crippen LogP contribution in [0.2, 0.25) is 5.02 Å². The smallest absolute Gasteiger partial charge is 0.394 e. The zero-order chi connectivity index (χ0) is 23.8. The molecule has 1 fully saturated rings. The van der Waals surface area contributed by atoms with Gasteiger partial charge < -0.3 is 14.9 Å². The average Bonchev–Trinajstić information content (AvgIpc) is 2.80. The molecule has 1 aliphatic heterocycles. The van der Waals surface area contributed by atoms with Gasteiger partial charge in [-0.05, 0) is 12.1 Å². The fraction of sp³-hybridized carbons (Fsp3) is 0.333. The van der Waals surface area contributed by atoms with E-state index in [1.165, 1.54) is 0 Å². The number of amides is 1. The molecule has 1 aliphatic rings. The number of carbonyl (C=O) groups excluding carboxylic acids is 1. The number of hydrogen-bond donors (Lipinski definition) is 1. The van der Waals surface area contributed by atoms with Gasteiger partial charge in [-0.15, -0.1) is 0 Å². The van der Waals surface area contributed by atoms with Crippen LogP contribution in [-0.2, 0) is 12.7 Å². The number of alkyl halides is 3. The summed E-state index contributed by atoms with van der Waals surface area (Å²) in [6, 6.07) is 7.46. The molecule has 4 rings (SSSR count).